The molecule has 0 amide bonds. The van der Waals surface area contributed by atoms with Crippen molar-refractivity contribution >= 4 is 0 Å². The molecule has 14 heavy (non-hydrogen) atoms. The molecule has 0 spiro atoms. The summed E-state index contributed by atoms with van der Waals surface area (Å²) in [4.78, 5) is 0. The third kappa shape index (κ3) is 2.48. The van der Waals surface area contributed by atoms with Gasteiger partial charge in [0, 0.05) is 13.7 Å². The molecule has 2 fully saturated rings. The van der Waals surface area contributed by atoms with E-state index < -0.39 is 0 Å². The second kappa shape index (κ2) is 5.13. The molecule has 0 aromatic rings. The third-order valence-corrected chi connectivity index (χ3v) is 3.95. The fraction of sp³-hybridized carbons (Fsp3) is 1.00. The first-order valence-corrected chi connectivity index (χ1v) is 6.13. The van der Waals surface area contributed by atoms with E-state index in [0.717, 1.165) is 18.4 Å². The van der Waals surface area contributed by atoms with Gasteiger partial charge in [-0.2, -0.15) is 0 Å². The van der Waals surface area contributed by atoms with Gasteiger partial charge in [0.25, 0.3) is 0 Å². The summed E-state index contributed by atoms with van der Waals surface area (Å²) in [6.07, 6.45) is 8.97. The summed E-state index contributed by atoms with van der Waals surface area (Å²) < 4.78 is 5.57. The largest absolute Gasteiger partial charge is 0.381 e. The Morgan fingerprint density at radius 1 is 1.21 bits per heavy atom. The lowest BCUT2D eigenvalue weighted by Gasteiger charge is -2.32. The smallest absolute Gasteiger partial charge is 0.0623 e. The standard InChI is InChI=1S/C12H23NO/c1-14-12-6-7-13-9-11(12)8-10-4-2-3-5-10/h10-13H,2-9H2,1H3. The quantitative estimate of drug-likeness (QED) is 0.749. The van der Waals surface area contributed by atoms with Crippen LogP contribution >= 0.6 is 0 Å². The minimum Gasteiger partial charge on any atom is -0.381 e. The second-order valence-electron chi connectivity index (χ2n) is 4.91. The lowest BCUT2D eigenvalue weighted by atomic mass is 9.86. The summed E-state index contributed by atoms with van der Waals surface area (Å²) in [6, 6.07) is 0. The average molecular weight is 197 g/mol. The Labute approximate surface area is 87.4 Å². The molecule has 1 saturated carbocycles. The molecular formula is C12H23NO. The van der Waals surface area contributed by atoms with Gasteiger partial charge in [0.15, 0.2) is 0 Å². The number of piperidine rings is 1. The summed E-state index contributed by atoms with van der Waals surface area (Å²) in [5.74, 6) is 1.77. The molecule has 2 aliphatic rings. The van der Waals surface area contributed by atoms with Crippen molar-refractivity contribution in [3.05, 3.63) is 0 Å². The van der Waals surface area contributed by atoms with E-state index in [-0.39, 0.29) is 0 Å². The molecule has 0 bridgehead atoms. The van der Waals surface area contributed by atoms with Crippen LogP contribution in [0.2, 0.25) is 0 Å². The van der Waals surface area contributed by atoms with E-state index >= 15 is 0 Å². The number of hydrogen-bond acceptors (Lipinski definition) is 2. The third-order valence-electron chi connectivity index (χ3n) is 3.95. The average Bonchev–Trinajstić information content (AvgIpc) is 2.71. The molecule has 1 heterocycles. The highest BCUT2D eigenvalue weighted by molar-refractivity contribution is 4.82. The topological polar surface area (TPSA) is 21.3 Å². The highest BCUT2D eigenvalue weighted by atomic mass is 16.5. The molecule has 2 unspecified atom stereocenters. The van der Waals surface area contributed by atoms with Crippen molar-refractivity contribution in [1.82, 2.24) is 5.32 Å². The van der Waals surface area contributed by atoms with Crippen molar-refractivity contribution in [3.63, 3.8) is 0 Å². The predicted molar refractivity (Wildman–Crippen MR) is 58.3 cm³/mol. The van der Waals surface area contributed by atoms with Gasteiger partial charge in [0.05, 0.1) is 6.10 Å². The van der Waals surface area contributed by atoms with Gasteiger partial charge in [-0.25, -0.2) is 0 Å². The van der Waals surface area contributed by atoms with Gasteiger partial charge in [0.2, 0.25) is 0 Å². The number of hydrogen-bond donors (Lipinski definition) is 1. The van der Waals surface area contributed by atoms with Crippen LogP contribution in [-0.2, 0) is 4.74 Å². The normalized spacial score (nSPS) is 34.9. The Balaban J connectivity index is 1.81. The number of nitrogens with one attached hydrogen (secondary N) is 1. The van der Waals surface area contributed by atoms with E-state index in [1.165, 1.54) is 45.1 Å². The number of methoxy groups -OCH3 is 1. The van der Waals surface area contributed by atoms with E-state index in [9.17, 15) is 0 Å². The van der Waals surface area contributed by atoms with Crippen molar-refractivity contribution in [3.8, 4) is 0 Å². The summed E-state index contributed by atoms with van der Waals surface area (Å²) in [5.41, 5.74) is 0. The first-order chi connectivity index (χ1) is 6.90. The molecule has 2 rings (SSSR count). The van der Waals surface area contributed by atoms with Crippen LogP contribution in [0.4, 0.5) is 0 Å². The van der Waals surface area contributed by atoms with E-state index in [0.29, 0.717) is 6.10 Å². The molecule has 1 aliphatic heterocycles. The van der Waals surface area contributed by atoms with Crippen LogP contribution in [0.5, 0.6) is 0 Å². The first-order valence-electron chi connectivity index (χ1n) is 6.13. The zero-order valence-electron chi connectivity index (χ0n) is 9.30. The lowest BCUT2D eigenvalue weighted by Crippen LogP contribution is -2.41. The predicted octanol–water partition coefficient (Wildman–Crippen LogP) is 2.19. The van der Waals surface area contributed by atoms with Gasteiger partial charge in [-0.3, -0.25) is 0 Å². The van der Waals surface area contributed by atoms with Crippen molar-refractivity contribution in [2.45, 2.75) is 44.6 Å². The zero-order chi connectivity index (χ0) is 9.80. The molecule has 1 N–H and O–H groups in total. The maximum Gasteiger partial charge on any atom is 0.0623 e. The van der Waals surface area contributed by atoms with Gasteiger partial charge in [0.1, 0.15) is 0 Å². The molecule has 0 radical (unpaired) electrons. The number of ether oxygens (including phenoxy) is 1. The van der Waals surface area contributed by atoms with Crippen molar-refractivity contribution in [1.29, 1.82) is 0 Å². The summed E-state index contributed by atoms with van der Waals surface area (Å²) in [6.45, 7) is 2.31. The summed E-state index contributed by atoms with van der Waals surface area (Å²) in [5, 5.41) is 3.49. The zero-order valence-corrected chi connectivity index (χ0v) is 9.30. The monoisotopic (exact) mass is 197 g/mol. The van der Waals surface area contributed by atoms with E-state index in [4.69, 9.17) is 4.74 Å². The van der Waals surface area contributed by atoms with Gasteiger partial charge >= 0.3 is 0 Å². The Bertz CT molecular complexity index is 166. The minimum absolute atomic E-state index is 0.525. The Morgan fingerprint density at radius 3 is 2.71 bits per heavy atom. The van der Waals surface area contributed by atoms with Crippen molar-refractivity contribution < 1.29 is 4.74 Å². The highest BCUT2D eigenvalue weighted by Gasteiger charge is 2.28. The molecule has 82 valence electrons. The SMILES string of the molecule is COC1CCNCC1CC1CCCC1. The summed E-state index contributed by atoms with van der Waals surface area (Å²) in [7, 11) is 1.87. The van der Waals surface area contributed by atoms with Crippen molar-refractivity contribution in [2.24, 2.45) is 11.8 Å². The molecule has 1 saturated heterocycles. The molecule has 0 aromatic carbocycles. The van der Waals surface area contributed by atoms with Crippen LogP contribution in [0.15, 0.2) is 0 Å². The lowest BCUT2D eigenvalue weighted by molar-refractivity contribution is 0.0216. The number of rotatable bonds is 3. The maximum atomic E-state index is 5.57. The van der Waals surface area contributed by atoms with Crippen LogP contribution in [0.25, 0.3) is 0 Å². The van der Waals surface area contributed by atoms with Crippen LogP contribution in [-0.4, -0.2) is 26.3 Å². The molecule has 2 heteroatoms. The second-order valence-corrected chi connectivity index (χ2v) is 4.91. The van der Waals surface area contributed by atoms with Crippen LogP contribution in [0.1, 0.15) is 38.5 Å². The summed E-state index contributed by atoms with van der Waals surface area (Å²) >= 11 is 0. The van der Waals surface area contributed by atoms with Crippen LogP contribution in [0.3, 0.4) is 0 Å². The first kappa shape index (κ1) is 10.4. The van der Waals surface area contributed by atoms with Crippen molar-refractivity contribution in [2.75, 3.05) is 20.2 Å². The molecule has 0 aromatic heterocycles. The molecular weight excluding hydrogens is 174 g/mol. The van der Waals surface area contributed by atoms with Crippen LogP contribution in [0, 0.1) is 11.8 Å². The highest BCUT2D eigenvalue weighted by Crippen LogP contribution is 2.32. The van der Waals surface area contributed by atoms with Gasteiger partial charge in [-0.15, -0.1) is 0 Å². The molecule has 2 atom stereocenters. The maximum absolute atomic E-state index is 5.57. The Hall–Kier alpha value is -0.0800. The molecule has 2 nitrogen and oxygen atoms in total. The molecule has 1 aliphatic carbocycles. The Kier molecular flexibility index (Phi) is 3.82. The fourth-order valence-electron chi connectivity index (χ4n) is 3.12. The van der Waals surface area contributed by atoms with Crippen LogP contribution < -0.4 is 5.32 Å². The van der Waals surface area contributed by atoms with E-state index in [2.05, 4.69) is 5.32 Å². The van der Waals surface area contributed by atoms with Gasteiger partial charge in [-0.1, -0.05) is 25.7 Å². The fourth-order valence-corrected chi connectivity index (χ4v) is 3.12. The Morgan fingerprint density at radius 2 is 2.00 bits per heavy atom. The minimum atomic E-state index is 0.525. The van der Waals surface area contributed by atoms with Gasteiger partial charge in [-0.05, 0) is 31.2 Å². The van der Waals surface area contributed by atoms with E-state index in [1.807, 2.05) is 7.11 Å². The van der Waals surface area contributed by atoms with E-state index in [1.54, 1.807) is 0 Å². The van der Waals surface area contributed by atoms with Gasteiger partial charge < -0.3 is 10.1 Å².